The van der Waals surface area contributed by atoms with E-state index >= 15 is 0 Å². The Morgan fingerprint density at radius 2 is 1.13 bits per heavy atom. The average Bonchev–Trinajstić information content (AvgIpc) is 3.25. The van der Waals surface area contributed by atoms with Crippen LogP contribution in [0, 0.1) is 5.92 Å². The lowest BCUT2D eigenvalue weighted by Gasteiger charge is -2.49. The minimum absolute atomic E-state index is 0.580. The third-order valence-corrected chi connectivity index (χ3v) is 11.5. The van der Waals surface area contributed by atoms with Gasteiger partial charge in [-0.2, -0.15) is 0 Å². The third kappa shape index (κ3) is 12.8. The standard InChI is InChI=1S/C39H66O23/c1-5-6-7-8-9-10-11-18(36(51)52)12-23(43)60-35-30(50)32(54-4)20(14-41)58-39(35)62-34-22(16-55-37-28(48)26(46)31(53-3)19(13-40)57-37)59-38(29(49)27(34)47)61-33-21(15-42)56-17(2)24(44)25(33)45/h10-11,17-22,24-35,37-42,44-50H,5-9,12-16H2,1-4H3,(H,51,52)/b11-10+. The summed E-state index contributed by atoms with van der Waals surface area (Å²) in [7, 11) is 2.40. The van der Waals surface area contributed by atoms with Gasteiger partial charge in [0, 0.05) is 14.2 Å². The Morgan fingerprint density at radius 3 is 1.73 bits per heavy atom. The summed E-state index contributed by atoms with van der Waals surface area (Å²) in [6.07, 6.45) is -25.4. The van der Waals surface area contributed by atoms with Crippen molar-refractivity contribution >= 4 is 11.9 Å². The number of esters is 1. The number of carbonyl (C=O) groups is 2. The van der Waals surface area contributed by atoms with Crippen LogP contribution in [0.25, 0.3) is 0 Å². The zero-order chi connectivity index (χ0) is 45.8. The van der Waals surface area contributed by atoms with Crippen molar-refractivity contribution in [3.63, 3.8) is 0 Å². The summed E-state index contributed by atoms with van der Waals surface area (Å²) >= 11 is 0. The van der Waals surface area contributed by atoms with Crippen molar-refractivity contribution < 1.29 is 113 Å². The molecular formula is C39H66O23. The highest BCUT2D eigenvalue weighted by molar-refractivity contribution is 5.80. The van der Waals surface area contributed by atoms with Crippen LogP contribution in [0.1, 0.15) is 52.4 Å². The van der Waals surface area contributed by atoms with E-state index in [2.05, 4.69) is 6.92 Å². The largest absolute Gasteiger partial charge is 0.481 e. The van der Waals surface area contributed by atoms with Gasteiger partial charge < -0.3 is 104 Å². The van der Waals surface area contributed by atoms with Crippen LogP contribution in [0.3, 0.4) is 0 Å². The fourth-order valence-corrected chi connectivity index (χ4v) is 7.88. The van der Waals surface area contributed by atoms with Crippen LogP contribution < -0.4 is 0 Å². The molecule has 0 aromatic rings. The van der Waals surface area contributed by atoms with Gasteiger partial charge in [-0.05, 0) is 19.8 Å². The maximum atomic E-state index is 13.4. The van der Waals surface area contributed by atoms with Crippen molar-refractivity contribution in [3.8, 4) is 0 Å². The molecule has 0 aromatic carbocycles. The molecule has 21 unspecified atom stereocenters. The van der Waals surface area contributed by atoms with Crippen molar-refractivity contribution in [3.05, 3.63) is 12.2 Å². The number of ether oxygens (including phenoxy) is 10. The van der Waals surface area contributed by atoms with Crippen LogP contribution in [0.4, 0.5) is 0 Å². The van der Waals surface area contributed by atoms with Crippen molar-refractivity contribution in [2.75, 3.05) is 40.6 Å². The fraction of sp³-hybridized carbons (Fsp3) is 0.897. The molecule has 0 spiro atoms. The van der Waals surface area contributed by atoms with Crippen LogP contribution in [-0.4, -0.2) is 231 Å². The van der Waals surface area contributed by atoms with E-state index in [4.69, 9.17) is 47.4 Å². The molecule has 23 heteroatoms. The molecule has 360 valence electrons. The number of aliphatic hydroxyl groups is 10. The van der Waals surface area contributed by atoms with Crippen molar-refractivity contribution in [2.24, 2.45) is 5.92 Å². The Hall–Kier alpha value is -2.08. The number of aliphatic hydroxyl groups excluding tert-OH is 10. The van der Waals surface area contributed by atoms with Crippen LogP contribution in [0.2, 0.25) is 0 Å². The van der Waals surface area contributed by atoms with Crippen molar-refractivity contribution in [2.45, 2.75) is 175 Å². The van der Waals surface area contributed by atoms with Crippen LogP contribution in [0.5, 0.6) is 0 Å². The lowest BCUT2D eigenvalue weighted by molar-refractivity contribution is -0.379. The zero-order valence-electron chi connectivity index (χ0n) is 35.2. The molecule has 0 aliphatic carbocycles. The smallest absolute Gasteiger partial charge is 0.310 e. The molecule has 0 amide bonds. The Bertz CT molecular complexity index is 1370. The highest BCUT2D eigenvalue weighted by Crippen LogP contribution is 2.35. The van der Waals surface area contributed by atoms with Crippen LogP contribution in [-0.2, 0) is 57.0 Å². The van der Waals surface area contributed by atoms with Gasteiger partial charge in [0.2, 0.25) is 0 Å². The summed E-state index contributed by atoms with van der Waals surface area (Å²) in [6, 6.07) is 0. The molecule has 0 aromatic heterocycles. The second-order valence-corrected chi connectivity index (χ2v) is 15.8. The number of aliphatic carboxylic acids is 1. The number of carboxylic acid groups (broad SMARTS) is 1. The Balaban J connectivity index is 1.62. The van der Waals surface area contributed by atoms with Gasteiger partial charge in [-0.3, -0.25) is 9.59 Å². The van der Waals surface area contributed by atoms with E-state index in [0.717, 1.165) is 25.7 Å². The van der Waals surface area contributed by atoms with Gasteiger partial charge >= 0.3 is 11.9 Å². The van der Waals surface area contributed by atoms with Gasteiger partial charge in [0.15, 0.2) is 25.0 Å². The monoisotopic (exact) mass is 902 g/mol. The van der Waals surface area contributed by atoms with E-state index in [9.17, 15) is 65.8 Å². The van der Waals surface area contributed by atoms with Gasteiger partial charge in [-0.15, -0.1) is 0 Å². The SMILES string of the molecule is CCCCCC/C=C/C(CC(=O)OC1C(OC2C(COC3OC(CO)C(OC)C(O)C3O)OC(OC3C(CO)OC(C)C(O)C3O)C(O)C2O)OC(CO)C(OC)C1O)C(=O)O. The summed E-state index contributed by atoms with van der Waals surface area (Å²) in [5.41, 5.74) is 0. The highest BCUT2D eigenvalue weighted by Gasteiger charge is 2.55. The van der Waals surface area contributed by atoms with Gasteiger partial charge in [0.1, 0.15) is 91.6 Å². The summed E-state index contributed by atoms with van der Waals surface area (Å²) in [5.74, 6) is -3.75. The number of carbonyl (C=O) groups excluding carboxylic acids is 1. The number of methoxy groups -OCH3 is 2. The predicted molar refractivity (Wildman–Crippen MR) is 204 cm³/mol. The van der Waals surface area contributed by atoms with Crippen molar-refractivity contribution in [1.29, 1.82) is 0 Å². The molecule has 21 atom stereocenters. The third-order valence-electron chi connectivity index (χ3n) is 11.5. The fourth-order valence-electron chi connectivity index (χ4n) is 7.88. The molecule has 4 fully saturated rings. The summed E-state index contributed by atoms with van der Waals surface area (Å²) in [4.78, 5) is 25.5. The van der Waals surface area contributed by atoms with E-state index in [0.29, 0.717) is 6.42 Å². The Labute approximate surface area is 358 Å². The van der Waals surface area contributed by atoms with E-state index in [1.807, 2.05) is 0 Å². The maximum Gasteiger partial charge on any atom is 0.310 e. The second kappa shape index (κ2) is 25.0. The Kier molecular flexibility index (Phi) is 21.2. The van der Waals surface area contributed by atoms with Gasteiger partial charge in [0.05, 0.1) is 44.9 Å². The lowest BCUT2D eigenvalue weighted by atomic mass is 9.94. The maximum absolute atomic E-state index is 13.4. The second-order valence-electron chi connectivity index (χ2n) is 15.8. The first-order valence-corrected chi connectivity index (χ1v) is 20.8. The van der Waals surface area contributed by atoms with E-state index in [1.54, 1.807) is 6.08 Å². The number of hydrogen-bond donors (Lipinski definition) is 11. The number of hydrogen-bond acceptors (Lipinski definition) is 22. The van der Waals surface area contributed by atoms with E-state index in [1.165, 1.54) is 27.2 Å². The summed E-state index contributed by atoms with van der Waals surface area (Å²) < 4.78 is 56.8. The summed E-state index contributed by atoms with van der Waals surface area (Å²) in [5, 5.41) is 117. The van der Waals surface area contributed by atoms with Crippen LogP contribution >= 0.6 is 0 Å². The molecule has 62 heavy (non-hydrogen) atoms. The molecule has 0 radical (unpaired) electrons. The normalized spacial score (nSPS) is 42.2. The molecular weight excluding hydrogens is 836 g/mol. The molecule has 23 nitrogen and oxygen atoms in total. The van der Waals surface area contributed by atoms with Crippen LogP contribution in [0.15, 0.2) is 12.2 Å². The predicted octanol–water partition coefficient (Wildman–Crippen LogP) is -4.20. The minimum atomic E-state index is -2.07. The molecule has 4 rings (SSSR count). The van der Waals surface area contributed by atoms with Gasteiger partial charge in [-0.1, -0.05) is 38.3 Å². The molecule has 4 aliphatic heterocycles. The van der Waals surface area contributed by atoms with Gasteiger partial charge in [0.25, 0.3) is 0 Å². The molecule has 0 bridgehead atoms. The summed E-state index contributed by atoms with van der Waals surface area (Å²) in [6.45, 7) is 0.586. The number of unbranched alkanes of at least 4 members (excludes halogenated alkanes) is 4. The van der Waals surface area contributed by atoms with Gasteiger partial charge in [-0.25, -0.2) is 0 Å². The molecule has 0 saturated carbocycles. The minimum Gasteiger partial charge on any atom is -0.481 e. The number of rotatable bonds is 22. The average molecular weight is 903 g/mol. The molecule has 11 N–H and O–H groups in total. The van der Waals surface area contributed by atoms with E-state index < -0.39 is 173 Å². The number of allylic oxidation sites excluding steroid dienone is 1. The van der Waals surface area contributed by atoms with Crippen molar-refractivity contribution in [1.82, 2.24) is 0 Å². The molecule has 4 heterocycles. The molecule has 4 saturated heterocycles. The first kappa shape index (κ1) is 52.5. The van der Waals surface area contributed by atoms with E-state index in [-0.39, 0.29) is 0 Å². The highest BCUT2D eigenvalue weighted by atomic mass is 16.8. The first-order chi connectivity index (χ1) is 29.6. The Morgan fingerprint density at radius 1 is 0.613 bits per heavy atom. The lowest BCUT2D eigenvalue weighted by Crippen LogP contribution is -2.67. The quantitative estimate of drug-likeness (QED) is 0.0279. The first-order valence-electron chi connectivity index (χ1n) is 20.8. The molecule has 4 aliphatic rings. The zero-order valence-corrected chi connectivity index (χ0v) is 35.2. The topological polar surface area (TPSA) is 349 Å². The number of carboxylic acids is 1.